The van der Waals surface area contributed by atoms with Crippen LogP contribution in [0.5, 0.6) is 0 Å². The molecule has 1 unspecified atom stereocenters. The van der Waals surface area contributed by atoms with Gasteiger partial charge in [0.25, 0.3) is 0 Å². The summed E-state index contributed by atoms with van der Waals surface area (Å²) in [6, 6.07) is 0. The van der Waals surface area contributed by atoms with Crippen LogP contribution < -0.4 is 56.5 Å². The zero-order valence-corrected chi connectivity index (χ0v) is 10.3. The number of rotatable bonds is 5. The van der Waals surface area contributed by atoms with Crippen molar-refractivity contribution in [2.24, 2.45) is 0 Å². The Bertz CT molecular complexity index is 106. The van der Waals surface area contributed by atoms with Gasteiger partial charge in [-0.1, -0.05) is 6.92 Å². The summed E-state index contributed by atoms with van der Waals surface area (Å²) in [5.74, 6) is -1.04. The topological polar surface area (TPSA) is 60.4 Å². The zero-order chi connectivity index (χ0) is 7.98. The van der Waals surface area contributed by atoms with E-state index in [4.69, 9.17) is 5.11 Å². The average Bonchev–Trinajstić information content (AvgIpc) is 1.87. The van der Waals surface area contributed by atoms with E-state index in [0.717, 1.165) is 0 Å². The molecule has 60 valence electrons. The van der Waals surface area contributed by atoms with Crippen LogP contribution in [0.1, 0.15) is 32.6 Å². The molecule has 0 bridgehead atoms. The molecule has 0 aromatic rings. The van der Waals surface area contributed by atoms with E-state index in [1.54, 1.807) is 0 Å². The van der Waals surface area contributed by atoms with Crippen molar-refractivity contribution in [3.05, 3.63) is 0 Å². The monoisotopic (exact) mass is 184 g/mol. The van der Waals surface area contributed by atoms with Gasteiger partial charge < -0.3 is 15.0 Å². The number of aliphatic hydroxyl groups excluding tert-OH is 1. The summed E-state index contributed by atoms with van der Waals surface area (Å²) in [5.41, 5.74) is 0. The van der Waals surface area contributed by atoms with E-state index in [1.165, 1.54) is 0 Å². The molecule has 0 saturated heterocycles. The van der Waals surface area contributed by atoms with Crippen molar-refractivity contribution in [1.82, 2.24) is 0 Å². The summed E-state index contributed by atoms with van der Waals surface area (Å²) in [4.78, 5) is 9.88. The van der Waals surface area contributed by atoms with Gasteiger partial charge in [-0.3, -0.25) is 0 Å². The molecule has 11 heavy (non-hydrogen) atoms. The first-order chi connectivity index (χ1) is 4.66. The van der Waals surface area contributed by atoms with Crippen LogP contribution in [-0.2, 0) is 4.79 Å². The molecule has 0 radical (unpaired) electrons. The fourth-order valence-electron chi connectivity index (χ4n) is 0.686. The maximum atomic E-state index is 9.88. The van der Waals surface area contributed by atoms with Crippen molar-refractivity contribution < 1.29 is 66.4 Å². The van der Waals surface area contributed by atoms with Crippen LogP contribution in [0.4, 0.5) is 0 Å². The molecule has 3 nitrogen and oxygen atoms in total. The number of hydrogen-bond donors (Lipinski definition) is 1. The summed E-state index contributed by atoms with van der Waals surface area (Å²) in [5, 5.41) is 18.8. The van der Waals surface area contributed by atoms with Crippen LogP contribution in [-0.4, -0.2) is 17.2 Å². The first kappa shape index (κ1) is 14.6. The Balaban J connectivity index is 0. The normalized spacial score (nSPS) is 11.8. The van der Waals surface area contributed by atoms with Crippen molar-refractivity contribution in [3.8, 4) is 0 Å². The van der Waals surface area contributed by atoms with Gasteiger partial charge in [0.05, 0.1) is 6.10 Å². The van der Waals surface area contributed by atoms with Gasteiger partial charge in [0, 0.05) is 5.97 Å². The molecule has 4 heteroatoms. The molecular formula is C7H13KO3. The van der Waals surface area contributed by atoms with Crippen LogP contribution in [0.15, 0.2) is 0 Å². The minimum atomic E-state index is -1.04. The Morgan fingerprint density at radius 1 is 1.64 bits per heavy atom. The second-order valence-corrected chi connectivity index (χ2v) is 2.33. The first-order valence-corrected chi connectivity index (χ1v) is 3.54. The van der Waals surface area contributed by atoms with Crippen LogP contribution in [0, 0.1) is 0 Å². The molecule has 0 fully saturated rings. The van der Waals surface area contributed by atoms with E-state index < -0.39 is 5.97 Å². The fourth-order valence-corrected chi connectivity index (χ4v) is 0.686. The van der Waals surface area contributed by atoms with E-state index in [0.29, 0.717) is 19.3 Å². The summed E-state index contributed by atoms with van der Waals surface area (Å²) < 4.78 is 0. The van der Waals surface area contributed by atoms with E-state index in [1.807, 2.05) is 6.92 Å². The van der Waals surface area contributed by atoms with Gasteiger partial charge in [-0.25, -0.2) is 0 Å². The molecule has 0 aliphatic rings. The number of carboxylic acid groups (broad SMARTS) is 1. The maximum Gasteiger partial charge on any atom is 1.00 e. The molecule has 0 aliphatic heterocycles. The van der Waals surface area contributed by atoms with Crippen molar-refractivity contribution in [3.63, 3.8) is 0 Å². The van der Waals surface area contributed by atoms with E-state index in [-0.39, 0.29) is 63.9 Å². The van der Waals surface area contributed by atoms with Crippen LogP contribution in [0.3, 0.4) is 0 Å². The molecule has 0 rings (SSSR count). The van der Waals surface area contributed by atoms with Crippen molar-refractivity contribution in [2.75, 3.05) is 0 Å². The maximum absolute atomic E-state index is 9.88. The molecule has 0 spiro atoms. The number of carbonyl (C=O) groups is 1. The van der Waals surface area contributed by atoms with Gasteiger partial charge in [-0.05, 0) is 25.7 Å². The van der Waals surface area contributed by atoms with Gasteiger partial charge in [-0.15, -0.1) is 0 Å². The minimum Gasteiger partial charge on any atom is -0.550 e. The van der Waals surface area contributed by atoms with Crippen molar-refractivity contribution in [1.29, 1.82) is 0 Å². The number of aliphatic hydroxyl groups is 1. The molecule has 1 N–H and O–H groups in total. The van der Waals surface area contributed by atoms with Crippen LogP contribution >= 0.6 is 0 Å². The van der Waals surface area contributed by atoms with Gasteiger partial charge >= 0.3 is 51.4 Å². The summed E-state index contributed by atoms with van der Waals surface area (Å²) in [7, 11) is 0. The molecule has 0 aromatic carbocycles. The molecule has 0 amide bonds. The zero-order valence-electron chi connectivity index (χ0n) is 7.17. The van der Waals surface area contributed by atoms with Gasteiger partial charge in [-0.2, -0.15) is 0 Å². The summed E-state index contributed by atoms with van der Waals surface area (Å²) in [6.45, 7) is 1.86. The van der Waals surface area contributed by atoms with Crippen molar-refractivity contribution >= 4 is 5.97 Å². The van der Waals surface area contributed by atoms with Gasteiger partial charge in [0.15, 0.2) is 0 Å². The van der Waals surface area contributed by atoms with E-state index >= 15 is 0 Å². The third-order valence-electron chi connectivity index (χ3n) is 1.39. The Kier molecular flexibility index (Phi) is 12.1. The smallest absolute Gasteiger partial charge is 0.550 e. The predicted molar refractivity (Wildman–Crippen MR) is 35.2 cm³/mol. The quantitative estimate of drug-likeness (QED) is 0.455. The second kappa shape index (κ2) is 9.16. The second-order valence-electron chi connectivity index (χ2n) is 2.33. The fraction of sp³-hybridized carbons (Fsp3) is 0.857. The van der Waals surface area contributed by atoms with Crippen LogP contribution in [0.25, 0.3) is 0 Å². The molecular weight excluding hydrogens is 171 g/mol. The summed E-state index contributed by atoms with van der Waals surface area (Å²) >= 11 is 0. The third-order valence-corrected chi connectivity index (χ3v) is 1.39. The number of carbonyl (C=O) groups excluding carboxylic acids is 1. The Morgan fingerprint density at radius 3 is 2.55 bits per heavy atom. The molecule has 0 aromatic heterocycles. The molecule has 0 heterocycles. The number of hydrogen-bond acceptors (Lipinski definition) is 3. The molecule has 0 saturated carbocycles. The molecule has 0 aliphatic carbocycles. The largest absolute Gasteiger partial charge is 1.00 e. The minimum absolute atomic E-state index is 0. The predicted octanol–water partition coefficient (Wildman–Crippen LogP) is -3.32. The Labute approximate surface area is 110 Å². The summed E-state index contributed by atoms with van der Waals surface area (Å²) in [6.07, 6.45) is 1.46. The van der Waals surface area contributed by atoms with Gasteiger partial charge in [0.2, 0.25) is 0 Å². The number of aliphatic carboxylic acids is 1. The standard InChI is InChI=1S/C7H14O3.K/c1-2-6(8)4-3-5-7(9)10;/h6,8H,2-5H2,1H3,(H,9,10);/q;+1/p-1. The van der Waals surface area contributed by atoms with Crippen molar-refractivity contribution in [2.45, 2.75) is 38.7 Å². The van der Waals surface area contributed by atoms with Crippen LogP contribution in [0.2, 0.25) is 0 Å². The van der Waals surface area contributed by atoms with E-state index in [2.05, 4.69) is 0 Å². The van der Waals surface area contributed by atoms with Gasteiger partial charge in [0.1, 0.15) is 0 Å². The SMILES string of the molecule is CCC(O)CCCC(=O)[O-].[K+]. The average molecular weight is 184 g/mol. The Morgan fingerprint density at radius 2 is 2.18 bits per heavy atom. The first-order valence-electron chi connectivity index (χ1n) is 3.54. The molecule has 1 atom stereocenters. The van der Waals surface area contributed by atoms with E-state index in [9.17, 15) is 9.90 Å². The number of carboxylic acids is 1. The third kappa shape index (κ3) is 11.1. The Hall–Kier alpha value is 1.07.